The van der Waals surface area contributed by atoms with E-state index in [1.807, 2.05) is 29.6 Å². The molecule has 2 aromatic heterocycles. The summed E-state index contributed by atoms with van der Waals surface area (Å²) in [5.74, 6) is 0.217. The Morgan fingerprint density at radius 3 is 2.43 bits per heavy atom. The van der Waals surface area contributed by atoms with Crippen molar-refractivity contribution in [1.29, 1.82) is 0 Å². The summed E-state index contributed by atoms with van der Waals surface area (Å²) in [6.07, 6.45) is 3.46. The Morgan fingerprint density at radius 2 is 1.73 bits per heavy atom. The molecule has 0 saturated carbocycles. The first-order valence-corrected chi connectivity index (χ1v) is 11.5. The van der Waals surface area contributed by atoms with E-state index in [1.54, 1.807) is 30.6 Å². The number of thiazole rings is 1. The molecule has 4 rings (SSSR count). The van der Waals surface area contributed by atoms with E-state index in [4.69, 9.17) is 16.3 Å². The van der Waals surface area contributed by atoms with Crippen LogP contribution in [0.2, 0.25) is 5.02 Å². The number of anilines is 1. The van der Waals surface area contributed by atoms with Crippen molar-refractivity contribution in [2.45, 2.75) is 4.90 Å². The molecule has 0 atom stereocenters. The van der Waals surface area contributed by atoms with Gasteiger partial charge >= 0.3 is 0 Å². The molecule has 0 bridgehead atoms. The van der Waals surface area contributed by atoms with Crippen molar-refractivity contribution >= 4 is 38.6 Å². The molecule has 0 radical (unpaired) electrons. The average molecular weight is 458 g/mol. The van der Waals surface area contributed by atoms with Crippen LogP contribution >= 0.6 is 22.9 Å². The fraction of sp³-hybridized carbons (Fsp3) is 0.0476. The molecule has 30 heavy (non-hydrogen) atoms. The average Bonchev–Trinajstić information content (AvgIpc) is 3.25. The van der Waals surface area contributed by atoms with Gasteiger partial charge in [-0.05, 0) is 42.5 Å². The second-order valence-corrected chi connectivity index (χ2v) is 9.20. The lowest BCUT2D eigenvalue weighted by Crippen LogP contribution is -2.14. The van der Waals surface area contributed by atoms with Crippen LogP contribution in [0.15, 0.2) is 77.3 Å². The number of aromatic nitrogens is 2. The van der Waals surface area contributed by atoms with Crippen LogP contribution < -0.4 is 9.46 Å². The predicted molar refractivity (Wildman–Crippen MR) is 120 cm³/mol. The molecule has 6 nitrogen and oxygen atoms in total. The second kappa shape index (κ2) is 8.43. The Kier molecular flexibility index (Phi) is 5.72. The zero-order valence-corrected chi connectivity index (χ0v) is 18.1. The molecule has 4 aromatic rings. The summed E-state index contributed by atoms with van der Waals surface area (Å²) in [7, 11) is -2.46. The molecule has 2 heterocycles. The molecule has 2 aromatic carbocycles. The topological polar surface area (TPSA) is 81.2 Å². The third kappa shape index (κ3) is 4.30. The number of nitrogens with zero attached hydrogens (tertiary/aromatic N) is 2. The number of rotatable bonds is 6. The quantitative estimate of drug-likeness (QED) is 0.423. The lowest BCUT2D eigenvalue weighted by Gasteiger charge is -2.12. The Morgan fingerprint density at radius 1 is 1.00 bits per heavy atom. The third-order valence-electron chi connectivity index (χ3n) is 4.28. The van der Waals surface area contributed by atoms with Gasteiger partial charge in [-0.1, -0.05) is 23.7 Å². The molecule has 1 N–H and O–H groups in total. The molecule has 0 aliphatic heterocycles. The van der Waals surface area contributed by atoms with Gasteiger partial charge in [-0.25, -0.2) is 13.4 Å². The number of halogens is 1. The fourth-order valence-corrected chi connectivity index (χ4v) is 5.14. The highest BCUT2D eigenvalue weighted by Crippen LogP contribution is 2.31. The van der Waals surface area contributed by atoms with E-state index in [1.165, 1.54) is 30.6 Å². The van der Waals surface area contributed by atoms with Crippen molar-refractivity contribution in [2.24, 2.45) is 0 Å². The molecule has 0 saturated heterocycles. The molecule has 0 aliphatic rings. The van der Waals surface area contributed by atoms with Crippen molar-refractivity contribution < 1.29 is 13.2 Å². The summed E-state index contributed by atoms with van der Waals surface area (Å²) in [5, 5.41) is 3.16. The molecule has 0 spiro atoms. The summed E-state index contributed by atoms with van der Waals surface area (Å²) in [6.45, 7) is 0. The highest BCUT2D eigenvalue weighted by Gasteiger charge is 2.20. The predicted octanol–water partition coefficient (Wildman–Crippen LogP) is 5.33. The van der Waals surface area contributed by atoms with E-state index in [0.29, 0.717) is 10.7 Å². The first-order chi connectivity index (χ1) is 14.5. The van der Waals surface area contributed by atoms with Crippen LogP contribution in [-0.4, -0.2) is 25.5 Å². The minimum atomic E-state index is -3.87. The van der Waals surface area contributed by atoms with Gasteiger partial charge in [0.05, 0.1) is 12.8 Å². The number of benzene rings is 2. The maximum atomic E-state index is 12.8. The van der Waals surface area contributed by atoms with E-state index in [2.05, 4.69) is 14.7 Å². The summed E-state index contributed by atoms with van der Waals surface area (Å²) in [4.78, 5) is 8.65. The van der Waals surface area contributed by atoms with Crippen LogP contribution in [0, 0.1) is 0 Å². The minimum absolute atomic E-state index is 0.0249. The number of sulfonamides is 1. The van der Waals surface area contributed by atoms with E-state index < -0.39 is 10.0 Å². The van der Waals surface area contributed by atoms with Gasteiger partial charge < -0.3 is 4.74 Å². The Hall–Kier alpha value is -2.94. The monoisotopic (exact) mass is 457 g/mol. The van der Waals surface area contributed by atoms with Gasteiger partial charge in [0.2, 0.25) is 0 Å². The Bertz CT molecular complexity index is 1270. The molecule has 0 fully saturated rings. The second-order valence-electron chi connectivity index (χ2n) is 6.25. The van der Waals surface area contributed by atoms with E-state index in [9.17, 15) is 8.42 Å². The lowest BCUT2D eigenvalue weighted by molar-refractivity contribution is 0.403. The van der Waals surface area contributed by atoms with Gasteiger partial charge in [0.15, 0.2) is 0 Å². The first kappa shape index (κ1) is 20.3. The normalized spacial score (nSPS) is 11.3. The highest BCUT2D eigenvalue weighted by atomic mass is 35.5. The SMILES string of the molecule is COc1ccc(Cl)cc1S(=O)(=O)Nc1ccc(-c2csc(-c3ccncc3)n2)cc1. The van der Waals surface area contributed by atoms with E-state index >= 15 is 0 Å². The largest absolute Gasteiger partial charge is 0.495 e. The molecule has 9 heteroatoms. The zero-order valence-electron chi connectivity index (χ0n) is 15.7. The maximum Gasteiger partial charge on any atom is 0.265 e. The van der Waals surface area contributed by atoms with Crippen molar-refractivity contribution in [3.63, 3.8) is 0 Å². The van der Waals surface area contributed by atoms with Crippen LogP contribution in [-0.2, 0) is 10.0 Å². The summed E-state index contributed by atoms with van der Waals surface area (Å²) < 4.78 is 33.3. The summed E-state index contributed by atoms with van der Waals surface area (Å²) in [5.41, 5.74) is 3.12. The van der Waals surface area contributed by atoms with Gasteiger partial charge in [-0.3, -0.25) is 9.71 Å². The number of methoxy groups -OCH3 is 1. The van der Waals surface area contributed by atoms with Crippen LogP contribution in [0.25, 0.3) is 21.8 Å². The number of hydrogen-bond acceptors (Lipinski definition) is 6. The van der Waals surface area contributed by atoms with Crippen molar-refractivity contribution in [1.82, 2.24) is 9.97 Å². The lowest BCUT2D eigenvalue weighted by atomic mass is 10.1. The van der Waals surface area contributed by atoms with Crippen molar-refractivity contribution in [3.05, 3.63) is 77.4 Å². The maximum absolute atomic E-state index is 12.8. The molecule has 0 aliphatic carbocycles. The zero-order chi connectivity index (χ0) is 21.1. The van der Waals surface area contributed by atoms with Gasteiger partial charge in [0, 0.05) is 39.6 Å². The van der Waals surface area contributed by atoms with Crippen molar-refractivity contribution in [2.75, 3.05) is 11.8 Å². The summed E-state index contributed by atoms with van der Waals surface area (Å²) in [6, 6.07) is 15.3. The number of pyridine rings is 1. The number of ether oxygens (including phenoxy) is 1. The van der Waals surface area contributed by atoms with Gasteiger partial charge in [0.25, 0.3) is 10.0 Å². The molecule has 0 amide bonds. The molecule has 0 unspecified atom stereocenters. The van der Waals surface area contributed by atoms with Gasteiger partial charge in [-0.2, -0.15) is 0 Å². The Balaban J connectivity index is 1.56. The van der Waals surface area contributed by atoms with Crippen LogP contribution in [0.5, 0.6) is 5.75 Å². The van der Waals surface area contributed by atoms with Crippen molar-refractivity contribution in [3.8, 4) is 27.6 Å². The van der Waals surface area contributed by atoms with E-state index in [0.717, 1.165) is 21.8 Å². The van der Waals surface area contributed by atoms with Crippen LogP contribution in [0.3, 0.4) is 0 Å². The molecule has 152 valence electrons. The van der Waals surface area contributed by atoms with Gasteiger partial charge in [-0.15, -0.1) is 11.3 Å². The fourth-order valence-electron chi connectivity index (χ4n) is 2.81. The number of nitrogens with one attached hydrogen (secondary N) is 1. The first-order valence-electron chi connectivity index (χ1n) is 8.79. The summed E-state index contributed by atoms with van der Waals surface area (Å²) >= 11 is 7.50. The minimum Gasteiger partial charge on any atom is -0.495 e. The van der Waals surface area contributed by atoms with Gasteiger partial charge in [0.1, 0.15) is 15.7 Å². The highest BCUT2D eigenvalue weighted by molar-refractivity contribution is 7.92. The Labute approximate surface area is 183 Å². The number of hydrogen-bond donors (Lipinski definition) is 1. The third-order valence-corrected chi connectivity index (χ3v) is 6.81. The van der Waals surface area contributed by atoms with E-state index in [-0.39, 0.29) is 10.6 Å². The smallest absolute Gasteiger partial charge is 0.265 e. The van der Waals surface area contributed by atoms with Crippen LogP contribution in [0.4, 0.5) is 5.69 Å². The standard InChI is InChI=1S/C21H16ClN3O3S2/c1-28-19-7-4-16(22)12-20(19)30(26,27)25-17-5-2-14(3-6-17)18-13-29-21(24-18)15-8-10-23-11-9-15/h2-13,25H,1H3. The van der Waals surface area contributed by atoms with Crippen LogP contribution in [0.1, 0.15) is 0 Å². The molecular formula is C21H16ClN3O3S2. The molecular weight excluding hydrogens is 442 g/mol.